The molecule has 1 aromatic rings. The van der Waals surface area contributed by atoms with Crippen molar-refractivity contribution in [2.45, 2.75) is 50.7 Å². The predicted molar refractivity (Wildman–Crippen MR) is 84.4 cm³/mol. The molecule has 0 spiro atoms. The lowest BCUT2D eigenvalue weighted by Gasteiger charge is -2.26. The average Bonchev–Trinajstić information content (AvgIpc) is 2.54. The minimum absolute atomic E-state index is 0.0255. The molecule has 1 saturated carbocycles. The van der Waals surface area contributed by atoms with E-state index in [-0.39, 0.29) is 29.8 Å². The number of rotatable bonds is 6. The number of amides is 2. The summed E-state index contributed by atoms with van der Waals surface area (Å²) >= 11 is 0. The van der Waals surface area contributed by atoms with Gasteiger partial charge in [-0.25, -0.2) is 4.39 Å². The molecule has 6 heteroatoms. The molecule has 0 atom stereocenters. The number of hydrogen-bond acceptors (Lipinski definition) is 3. The minimum atomic E-state index is -0.381. The highest BCUT2D eigenvalue weighted by Gasteiger charge is 2.20. The lowest BCUT2D eigenvalue weighted by Crippen LogP contribution is -2.38. The van der Waals surface area contributed by atoms with E-state index in [1.807, 2.05) is 0 Å². The van der Waals surface area contributed by atoms with Gasteiger partial charge in [-0.1, -0.05) is 0 Å². The Morgan fingerprint density at radius 3 is 2.43 bits per heavy atom. The molecule has 1 aliphatic carbocycles. The minimum Gasteiger partial charge on any atom is -0.393 e. The molecule has 3 N–H and O–H groups in total. The Labute approximate surface area is 135 Å². The van der Waals surface area contributed by atoms with Crippen molar-refractivity contribution in [3.05, 3.63) is 35.6 Å². The normalized spacial score (nSPS) is 20.8. The fourth-order valence-corrected chi connectivity index (χ4v) is 2.67. The van der Waals surface area contributed by atoms with Gasteiger partial charge in [-0.2, -0.15) is 0 Å². The van der Waals surface area contributed by atoms with Crippen LogP contribution in [0.1, 0.15) is 48.9 Å². The Morgan fingerprint density at radius 2 is 1.78 bits per heavy atom. The van der Waals surface area contributed by atoms with Gasteiger partial charge >= 0.3 is 0 Å². The van der Waals surface area contributed by atoms with Crippen molar-refractivity contribution < 1.29 is 19.1 Å². The lowest BCUT2D eigenvalue weighted by atomic mass is 9.93. The van der Waals surface area contributed by atoms with Gasteiger partial charge in [-0.3, -0.25) is 9.59 Å². The van der Waals surface area contributed by atoms with E-state index in [4.69, 9.17) is 0 Å². The topological polar surface area (TPSA) is 78.4 Å². The van der Waals surface area contributed by atoms with Crippen LogP contribution >= 0.6 is 0 Å². The van der Waals surface area contributed by atoms with Crippen LogP contribution in [0.2, 0.25) is 0 Å². The maximum Gasteiger partial charge on any atom is 0.251 e. The molecule has 0 aliphatic heterocycles. The highest BCUT2D eigenvalue weighted by Crippen LogP contribution is 2.18. The second-order valence-electron chi connectivity index (χ2n) is 5.94. The Balaban J connectivity index is 1.60. The number of nitrogens with one attached hydrogen (secondary N) is 2. The molecule has 0 saturated heterocycles. The number of benzene rings is 1. The zero-order chi connectivity index (χ0) is 16.7. The average molecular weight is 322 g/mol. The molecule has 0 bridgehead atoms. The molecule has 0 aromatic heterocycles. The second-order valence-corrected chi connectivity index (χ2v) is 5.94. The molecule has 0 heterocycles. The van der Waals surface area contributed by atoms with Gasteiger partial charge in [0.05, 0.1) is 6.10 Å². The Bertz CT molecular complexity index is 525. The zero-order valence-corrected chi connectivity index (χ0v) is 13.1. The molecule has 0 unspecified atom stereocenters. The highest BCUT2D eigenvalue weighted by atomic mass is 19.1. The summed E-state index contributed by atoms with van der Waals surface area (Å²) in [7, 11) is 0. The smallest absolute Gasteiger partial charge is 0.251 e. The van der Waals surface area contributed by atoms with Crippen LogP contribution in [0.4, 0.5) is 4.39 Å². The standard InChI is InChI=1S/C17H23FN2O3/c18-13-5-3-12(4-6-13)17(23)19-11-1-2-16(22)20-14-7-9-15(21)10-8-14/h3-6,14-15,21H,1-2,7-11H2,(H,19,23)(H,20,22). The summed E-state index contributed by atoms with van der Waals surface area (Å²) in [5, 5.41) is 15.1. The van der Waals surface area contributed by atoms with Gasteiger partial charge in [0.1, 0.15) is 5.82 Å². The van der Waals surface area contributed by atoms with E-state index in [0.29, 0.717) is 24.9 Å². The van der Waals surface area contributed by atoms with Crippen LogP contribution in [-0.2, 0) is 4.79 Å². The van der Waals surface area contributed by atoms with Gasteiger partial charge in [-0.15, -0.1) is 0 Å². The van der Waals surface area contributed by atoms with Gasteiger partial charge in [0.25, 0.3) is 5.91 Å². The van der Waals surface area contributed by atoms with E-state index in [2.05, 4.69) is 10.6 Å². The van der Waals surface area contributed by atoms with E-state index >= 15 is 0 Å². The van der Waals surface area contributed by atoms with Gasteiger partial charge in [0.15, 0.2) is 0 Å². The van der Waals surface area contributed by atoms with Gasteiger partial charge in [-0.05, 0) is 56.4 Å². The van der Waals surface area contributed by atoms with E-state index in [0.717, 1.165) is 25.7 Å². The maximum atomic E-state index is 12.8. The van der Waals surface area contributed by atoms with E-state index in [1.54, 1.807) is 0 Å². The summed E-state index contributed by atoms with van der Waals surface area (Å²) in [5.41, 5.74) is 0.400. The van der Waals surface area contributed by atoms with Crippen molar-refractivity contribution in [1.29, 1.82) is 0 Å². The van der Waals surface area contributed by atoms with Crippen LogP contribution in [-0.4, -0.2) is 35.6 Å². The second kappa shape index (κ2) is 8.62. The van der Waals surface area contributed by atoms with E-state index in [1.165, 1.54) is 24.3 Å². The number of carbonyl (C=O) groups is 2. The maximum absolute atomic E-state index is 12.8. The Hall–Kier alpha value is -1.95. The molecule has 5 nitrogen and oxygen atoms in total. The summed E-state index contributed by atoms with van der Waals surface area (Å²) in [5.74, 6) is -0.678. The van der Waals surface area contributed by atoms with Crippen LogP contribution in [0.3, 0.4) is 0 Å². The summed E-state index contributed by atoms with van der Waals surface area (Å²) in [4.78, 5) is 23.6. The molecule has 0 radical (unpaired) electrons. The first-order valence-corrected chi connectivity index (χ1v) is 8.06. The lowest BCUT2D eigenvalue weighted by molar-refractivity contribution is -0.122. The molecule has 2 amide bonds. The van der Waals surface area contributed by atoms with Crippen molar-refractivity contribution >= 4 is 11.8 Å². The van der Waals surface area contributed by atoms with Crippen LogP contribution in [0.5, 0.6) is 0 Å². The molecule has 1 fully saturated rings. The highest BCUT2D eigenvalue weighted by molar-refractivity contribution is 5.94. The molecule has 1 aliphatic rings. The number of carbonyl (C=O) groups excluding carboxylic acids is 2. The monoisotopic (exact) mass is 322 g/mol. The quantitative estimate of drug-likeness (QED) is 0.698. The fourth-order valence-electron chi connectivity index (χ4n) is 2.67. The third kappa shape index (κ3) is 5.98. The molecular weight excluding hydrogens is 299 g/mol. The summed E-state index contributed by atoms with van der Waals surface area (Å²) < 4.78 is 12.8. The van der Waals surface area contributed by atoms with Crippen molar-refractivity contribution in [2.24, 2.45) is 0 Å². The molecule has 126 valence electrons. The van der Waals surface area contributed by atoms with Crippen molar-refractivity contribution in [3.8, 4) is 0 Å². The number of aliphatic hydroxyl groups excluding tert-OH is 1. The van der Waals surface area contributed by atoms with Crippen LogP contribution in [0.25, 0.3) is 0 Å². The summed E-state index contributed by atoms with van der Waals surface area (Å²) in [6, 6.07) is 5.48. The number of halogens is 1. The van der Waals surface area contributed by atoms with Gasteiger partial charge in [0, 0.05) is 24.6 Å². The zero-order valence-electron chi connectivity index (χ0n) is 13.1. The van der Waals surface area contributed by atoms with Crippen molar-refractivity contribution in [3.63, 3.8) is 0 Å². The fraction of sp³-hybridized carbons (Fsp3) is 0.529. The first-order chi connectivity index (χ1) is 11.0. The Morgan fingerprint density at radius 1 is 1.13 bits per heavy atom. The van der Waals surface area contributed by atoms with E-state index in [9.17, 15) is 19.1 Å². The summed E-state index contributed by atoms with van der Waals surface area (Å²) in [6.45, 7) is 0.396. The Kier molecular flexibility index (Phi) is 6.52. The summed E-state index contributed by atoms with van der Waals surface area (Å²) in [6.07, 6.45) is 3.77. The van der Waals surface area contributed by atoms with Crippen LogP contribution in [0, 0.1) is 5.82 Å². The number of hydrogen-bond donors (Lipinski definition) is 3. The van der Waals surface area contributed by atoms with Crippen molar-refractivity contribution in [1.82, 2.24) is 10.6 Å². The predicted octanol–water partition coefficient (Wildman–Crippen LogP) is 1.76. The number of aliphatic hydroxyl groups is 1. The first kappa shape index (κ1) is 17.4. The molecule has 23 heavy (non-hydrogen) atoms. The first-order valence-electron chi connectivity index (χ1n) is 8.06. The third-order valence-corrected chi connectivity index (χ3v) is 4.03. The molecular formula is C17H23FN2O3. The third-order valence-electron chi connectivity index (χ3n) is 4.03. The van der Waals surface area contributed by atoms with Crippen LogP contribution in [0.15, 0.2) is 24.3 Å². The van der Waals surface area contributed by atoms with Gasteiger partial charge < -0.3 is 15.7 Å². The largest absolute Gasteiger partial charge is 0.393 e. The molecule has 2 rings (SSSR count). The van der Waals surface area contributed by atoms with Gasteiger partial charge in [0.2, 0.25) is 5.91 Å². The van der Waals surface area contributed by atoms with E-state index < -0.39 is 0 Å². The van der Waals surface area contributed by atoms with Crippen LogP contribution < -0.4 is 10.6 Å². The SMILES string of the molecule is O=C(CCCNC(=O)c1ccc(F)cc1)NC1CCC(O)CC1. The van der Waals surface area contributed by atoms with Crippen molar-refractivity contribution in [2.75, 3.05) is 6.54 Å². The molecule has 1 aromatic carbocycles.